The lowest BCUT2D eigenvalue weighted by atomic mass is 10.2. The molecule has 1 aliphatic rings. The number of rotatable bonds is 5. The summed E-state index contributed by atoms with van der Waals surface area (Å²) in [5.41, 5.74) is 0.930. The number of nitrogens with one attached hydrogen (secondary N) is 2. The molecule has 0 radical (unpaired) electrons. The van der Waals surface area contributed by atoms with Gasteiger partial charge in [-0.05, 0) is 25.0 Å². The van der Waals surface area contributed by atoms with E-state index >= 15 is 0 Å². The van der Waals surface area contributed by atoms with E-state index < -0.39 is 0 Å². The van der Waals surface area contributed by atoms with E-state index in [0.717, 1.165) is 18.4 Å². The Kier molecular flexibility index (Phi) is 4.49. The molecule has 0 bridgehead atoms. The van der Waals surface area contributed by atoms with Crippen LogP contribution < -0.4 is 5.32 Å². The van der Waals surface area contributed by atoms with E-state index in [-0.39, 0.29) is 5.91 Å². The molecule has 2 N–H and O–H groups in total. The van der Waals surface area contributed by atoms with Crippen molar-refractivity contribution >= 4 is 17.7 Å². The Balaban J connectivity index is 1.51. The molecule has 0 atom stereocenters. The van der Waals surface area contributed by atoms with E-state index in [1.54, 1.807) is 12.4 Å². The Labute approximate surface area is 127 Å². The van der Waals surface area contributed by atoms with E-state index in [1.807, 2.05) is 12.1 Å². The number of hydrogen-bond donors (Lipinski definition) is 2. The average Bonchev–Trinajstić information content (AvgIpc) is 3.17. The third-order valence-electron chi connectivity index (χ3n) is 3.48. The van der Waals surface area contributed by atoms with Crippen LogP contribution in [0.4, 0.5) is 0 Å². The monoisotopic (exact) mass is 303 g/mol. The Morgan fingerprint density at radius 1 is 1.29 bits per heavy atom. The Hall–Kier alpha value is -1.89. The molecule has 0 aliphatic heterocycles. The summed E-state index contributed by atoms with van der Waals surface area (Å²) in [6, 6.07) is 4.09. The van der Waals surface area contributed by atoms with Crippen LogP contribution in [0.2, 0.25) is 0 Å². The fourth-order valence-corrected chi connectivity index (χ4v) is 3.04. The van der Waals surface area contributed by atoms with Crippen molar-refractivity contribution in [3.63, 3.8) is 0 Å². The second kappa shape index (κ2) is 6.71. The third-order valence-corrected chi connectivity index (χ3v) is 4.34. The molecular weight excluding hydrogens is 286 g/mol. The molecule has 0 saturated heterocycles. The molecule has 0 aromatic carbocycles. The summed E-state index contributed by atoms with van der Waals surface area (Å²) in [6.07, 6.45) is 8.06. The summed E-state index contributed by atoms with van der Waals surface area (Å²) >= 11 is 1.37. The first kappa shape index (κ1) is 14.1. The van der Waals surface area contributed by atoms with Crippen LogP contribution in [0.25, 0.3) is 11.4 Å². The maximum atomic E-state index is 11.8. The van der Waals surface area contributed by atoms with E-state index in [4.69, 9.17) is 0 Å². The fraction of sp³-hybridized carbons (Fsp3) is 0.429. The van der Waals surface area contributed by atoms with Crippen molar-refractivity contribution in [1.29, 1.82) is 0 Å². The van der Waals surface area contributed by atoms with Crippen molar-refractivity contribution < 1.29 is 4.79 Å². The molecule has 2 heterocycles. The van der Waals surface area contributed by atoms with Crippen LogP contribution in [0, 0.1) is 0 Å². The highest BCUT2D eigenvalue weighted by Gasteiger charge is 2.17. The molecule has 1 fully saturated rings. The second-order valence-corrected chi connectivity index (χ2v) is 6.02. The summed E-state index contributed by atoms with van der Waals surface area (Å²) in [7, 11) is 0. The summed E-state index contributed by atoms with van der Waals surface area (Å²) in [6.45, 7) is 0. The van der Waals surface area contributed by atoms with Crippen LogP contribution in [0.5, 0.6) is 0 Å². The van der Waals surface area contributed by atoms with Crippen molar-refractivity contribution in [2.24, 2.45) is 0 Å². The zero-order valence-electron chi connectivity index (χ0n) is 11.6. The van der Waals surface area contributed by atoms with Gasteiger partial charge in [0.25, 0.3) is 0 Å². The fourth-order valence-electron chi connectivity index (χ4n) is 2.42. The number of amides is 1. The molecule has 110 valence electrons. The number of nitrogens with zero attached hydrogens (tertiary/aromatic N) is 3. The summed E-state index contributed by atoms with van der Waals surface area (Å²) in [5.74, 6) is 1.12. The molecule has 1 amide bonds. The first-order chi connectivity index (χ1) is 10.3. The molecule has 7 heteroatoms. The Bertz CT molecular complexity index is 594. The molecule has 21 heavy (non-hydrogen) atoms. The maximum Gasteiger partial charge on any atom is 0.230 e. The van der Waals surface area contributed by atoms with E-state index in [0.29, 0.717) is 22.8 Å². The SMILES string of the molecule is O=C(CSc1nnc(-c2ccncc2)[nH]1)NC1CCCC1. The molecule has 3 rings (SSSR count). The molecule has 2 aromatic rings. The minimum Gasteiger partial charge on any atom is -0.353 e. The first-order valence-electron chi connectivity index (χ1n) is 7.06. The molecule has 0 unspecified atom stereocenters. The van der Waals surface area contributed by atoms with Gasteiger partial charge in [0.2, 0.25) is 5.91 Å². The number of hydrogen-bond acceptors (Lipinski definition) is 5. The molecular formula is C14H17N5OS. The smallest absolute Gasteiger partial charge is 0.230 e. The van der Waals surface area contributed by atoms with Crippen molar-refractivity contribution in [1.82, 2.24) is 25.5 Å². The molecule has 6 nitrogen and oxygen atoms in total. The summed E-state index contributed by atoms with van der Waals surface area (Å²) < 4.78 is 0. The van der Waals surface area contributed by atoms with Gasteiger partial charge in [-0.2, -0.15) is 0 Å². The van der Waals surface area contributed by atoms with Crippen molar-refractivity contribution in [2.45, 2.75) is 36.9 Å². The lowest BCUT2D eigenvalue weighted by Gasteiger charge is -2.10. The van der Waals surface area contributed by atoms with Gasteiger partial charge in [0.1, 0.15) is 0 Å². The quantitative estimate of drug-likeness (QED) is 0.826. The number of H-pyrrole nitrogens is 1. The van der Waals surface area contributed by atoms with Crippen LogP contribution in [0.1, 0.15) is 25.7 Å². The number of carbonyl (C=O) groups is 1. The Morgan fingerprint density at radius 2 is 2.05 bits per heavy atom. The van der Waals surface area contributed by atoms with Crippen LogP contribution in [0.3, 0.4) is 0 Å². The predicted octanol–water partition coefficient (Wildman–Crippen LogP) is 2.02. The van der Waals surface area contributed by atoms with Gasteiger partial charge in [0.05, 0.1) is 5.75 Å². The normalized spacial score (nSPS) is 15.2. The summed E-state index contributed by atoms with van der Waals surface area (Å²) in [5, 5.41) is 11.8. The molecule has 2 aromatic heterocycles. The van der Waals surface area contributed by atoms with Gasteiger partial charge in [-0.1, -0.05) is 24.6 Å². The summed E-state index contributed by atoms with van der Waals surface area (Å²) in [4.78, 5) is 18.9. The first-order valence-corrected chi connectivity index (χ1v) is 8.05. The van der Waals surface area contributed by atoms with Crippen LogP contribution >= 0.6 is 11.8 Å². The number of thioether (sulfide) groups is 1. The molecule has 0 spiro atoms. The van der Waals surface area contributed by atoms with Gasteiger partial charge in [0, 0.05) is 24.0 Å². The lowest BCUT2D eigenvalue weighted by Crippen LogP contribution is -2.33. The van der Waals surface area contributed by atoms with Gasteiger partial charge >= 0.3 is 0 Å². The minimum atomic E-state index is 0.0637. The number of aromatic nitrogens is 4. The minimum absolute atomic E-state index is 0.0637. The standard InChI is InChI=1S/C14H17N5OS/c20-12(16-11-3-1-2-4-11)9-21-14-17-13(18-19-14)10-5-7-15-8-6-10/h5-8,11H,1-4,9H2,(H,16,20)(H,17,18,19). The van der Waals surface area contributed by atoms with Crippen LogP contribution in [-0.2, 0) is 4.79 Å². The van der Waals surface area contributed by atoms with Gasteiger partial charge in [-0.3, -0.25) is 9.78 Å². The van der Waals surface area contributed by atoms with Crippen molar-refractivity contribution in [3.8, 4) is 11.4 Å². The van der Waals surface area contributed by atoms with E-state index in [1.165, 1.54) is 24.6 Å². The highest BCUT2D eigenvalue weighted by Crippen LogP contribution is 2.20. The van der Waals surface area contributed by atoms with Gasteiger partial charge in [0.15, 0.2) is 11.0 Å². The highest BCUT2D eigenvalue weighted by atomic mass is 32.2. The molecule has 1 aliphatic carbocycles. The van der Waals surface area contributed by atoms with Gasteiger partial charge in [-0.15, -0.1) is 10.2 Å². The van der Waals surface area contributed by atoms with Crippen LogP contribution in [-0.4, -0.2) is 37.9 Å². The zero-order valence-corrected chi connectivity index (χ0v) is 12.4. The Morgan fingerprint density at radius 3 is 2.81 bits per heavy atom. The third kappa shape index (κ3) is 3.81. The van der Waals surface area contributed by atoms with Crippen LogP contribution in [0.15, 0.2) is 29.7 Å². The average molecular weight is 303 g/mol. The highest BCUT2D eigenvalue weighted by molar-refractivity contribution is 7.99. The van der Waals surface area contributed by atoms with Crippen molar-refractivity contribution in [2.75, 3.05) is 5.75 Å². The lowest BCUT2D eigenvalue weighted by molar-refractivity contribution is -0.119. The largest absolute Gasteiger partial charge is 0.353 e. The van der Waals surface area contributed by atoms with E-state index in [9.17, 15) is 4.79 Å². The van der Waals surface area contributed by atoms with Crippen molar-refractivity contribution in [3.05, 3.63) is 24.5 Å². The maximum absolute atomic E-state index is 11.8. The van der Waals surface area contributed by atoms with Gasteiger partial charge < -0.3 is 10.3 Å². The number of pyridine rings is 1. The van der Waals surface area contributed by atoms with Gasteiger partial charge in [-0.25, -0.2) is 0 Å². The number of aromatic amines is 1. The second-order valence-electron chi connectivity index (χ2n) is 5.05. The topological polar surface area (TPSA) is 83.6 Å². The zero-order chi connectivity index (χ0) is 14.5. The number of carbonyl (C=O) groups excluding carboxylic acids is 1. The molecule has 1 saturated carbocycles. The predicted molar refractivity (Wildman–Crippen MR) is 80.7 cm³/mol. The van der Waals surface area contributed by atoms with E-state index in [2.05, 4.69) is 25.5 Å².